The highest BCUT2D eigenvalue weighted by Gasteiger charge is 2.16. The van der Waals surface area contributed by atoms with E-state index in [1.807, 2.05) is 31.2 Å². The first-order valence-corrected chi connectivity index (χ1v) is 6.99. The molecule has 0 unspecified atom stereocenters. The highest BCUT2D eigenvalue weighted by molar-refractivity contribution is 5.89. The summed E-state index contributed by atoms with van der Waals surface area (Å²) in [5.41, 5.74) is 1.81. The Morgan fingerprint density at radius 1 is 1.11 bits per heavy atom. The standard InChI is InChI=1S/C15H22N2O2/c1-3-16-9-11-17(12-10-16)14-7-5-13(6-8-14)15(18)19-4-2/h5-8H,3-4,9-12H2,1-2H3. The molecule has 0 aliphatic carbocycles. The molecule has 1 aliphatic heterocycles. The third kappa shape index (κ3) is 3.47. The van der Waals surface area contributed by atoms with E-state index in [2.05, 4.69) is 16.7 Å². The van der Waals surface area contributed by atoms with E-state index in [0.29, 0.717) is 12.2 Å². The molecule has 0 amide bonds. The van der Waals surface area contributed by atoms with Crippen molar-refractivity contribution in [2.24, 2.45) is 0 Å². The average molecular weight is 262 g/mol. The van der Waals surface area contributed by atoms with E-state index in [-0.39, 0.29) is 5.97 Å². The van der Waals surface area contributed by atoms with E-state index in [0.717, 1.165) is 32.7 Å². The summed E-state index contributed by atoms with van der Waals surface area (Å²) in [4.78, 5) is 16.4. The molecular weight excluding hydrogens is 240 g/mol. The van der Waals surface area contributed by atoms with Crippen molar-refractivity contribution in [3.8, 4) is 0 Å². The Morgan fingerprint density at radius 2 is 1.74 bits per heavy atom. The molecule has 1 saturated heterocycles. The zero-order chi connectivity index (χ0) is 13.7. The molecule has 2 rings (SSSR count). The number of benzene rings is 1. The number of rotatable bonds is 4. The third-order valence-corrected chi connectivity index (χ3v) is 3.56. The van der Waals surface area contributed by atoms with Crippen LogP contribution in [-0.4, -0.2) is 50.2 Å². The summed E-state index contributed by atoms with van der Waals surface area (Å²) in [6.45, 7) is 9.86. The van der Waals surface area contributed by atoms with E-state index in [1.54, 1.807) is 0 Å². The summed E-state index contributed by atoms with van der Waals surface area (Å²) in [5.74, 6) is -0.246. The highest BCUT2D eigenvalue weighted by atomic mass is 16.5. The van der Waals surface area contributed by atoms with E-state index < -0.39 is 0 Å². The minimum atomic E-state index is -0.246. The topological polar surface area (TPSA) is 32.8 Å². The van der Waals surface area contributed by atoms with Gasteiger partial charge in [-0.2, -0.15) is 0 Å². The van der Waals surface area contributed by atoms with Gasteiger partial charge in [-0.15, -0.1) is 0 Å². The molecule has 1 heterocycles. The van der Waals surface area contributed by atoms with Gasteiger partial charge in [-0.25, -0.2) is 4.79 Å². The second-order valence-electron chi connectivity index (χ2n) is 4.69. The first-order chi connectivity index (χ1) is 9.24. The summed E-state index contributed by atoms with van der Waals surface area (Å²) >= 11 is 0. The second-order valence-corrected chi connectivity index (χ2v) is 4.69. The number of nitrogens with zero attached hydrogens (tertiary/aromatic N) is 2. The molecule has 4 heteroatoms. The molecule has 1 aliphatic rings. The van der Waals surface area contributed by atoms with Gasteiger partial charge in [0.2, 0.25) is 0 Å². The van der Waals surface area contributed by atoms with Crippen LogP contribution < -0.4 is 4.90 Å². The number of hydrogen-bond acceptors (Lipinski definition) is 4. The smallest absolute Gasteiger partial charge is 0.338 e. The molecule has 1 fully saturated rings. The predicted octanol–water partition coefficient (Wildman–Crippen LogP) is 2.01. The lowest BCUT2D eigenvalue weighted by atomic mass is 10.2. The number of carbonyl (C=O) groups is 1. The SMILES string of the molecule is CCOC(=O)c1ccc(N2CCN(CC)CC2)cc1. The van der Waals surface area contributed by atoms with Gasteiger partial charge < -0.3 is 14.5 Å². The Morgan fingerprint density at radius 3 is 2.26 bits per heavy atom. The number of hydrogen-bond donors (Lipinski definition) is 0. The van der Waals surface area contributed by atoms with Crippen molar-refractivity contribution in [3.63, 3.8) is 0 Å². The molecule has 19 heavy (non-hydrogen) atoms. The van der Waals surface area contributed by atoms with Crippen molar-refractivity contribution >= 4 is 11.7 Å². The fourth-order valence-electron chi connectivity index (χ4n) is 2.35. The number of anilines is 1. The van der Waals surface area contributed by atoms with Gasteiger partial charge in [0.05, 0.1) is 12.2 Å². The van der Waals surface area contributed by atoms with Gasteiger partial charge in [-0.05, 0) is 37.7 Å². The predicted molar refractivity (Wildman–Crippen MR) is 76.7 cm³/mol. The lowest BCUT2D eigenvalue weighted by Gasteiger charge is -2.35. The van der Waals surface area contributed by atoms with E-state index in [1.165, 1.54) is 5.69 Å². The Balaban J connectivity index is 1.97. The first kappa shape index (κ1) is 13.9. The van der Waals surface area contributed by atoms with Crippen molar-refractivity contribution in [2.45, 2.75) is 13.8 Å². The maximum absolute atomic E-state index is 11.6. The zero-order valence-electron chi connectivity index (χ0n) is 11.8. The number of esters is 1. The van der Waals surface area contributed by atoms with Gasteiger partial charge in [-0.3, -0.25) is 0 Å². The Kier molecular flexibility index (Phi) is 4.80. The van der Waals surface area contributed by atoms with Gasteiger partial charge in [0, 0.05) is 31.9 Å². The van der Waals surface area contributed by atoms with Gasteiger partial charge >= 0.3 is 5.97 Å². The molecule has 0 aromatic heterocycles. The molecule has 0 saturated carbocycles. The van der Waals surface area contributed by atoms with Crippen molar-refractivity contribution in [1.29, 1.82) is 0 Å². The number of piperazine rings is 1. The van der Waals surface area contributed by atoms with E-state index >= 15 is 0 Å². The molecule has 0 radical (unpaired) electrons. The molecule has 0 N–H and O–H groups in total. The van der Waals surface area contributed by atoms with Crippen LogP contribution in [0.5, 0.6) is 0 Å². The Hall–Kier alpha value is -1.55. The molecule has 0 atom stereocenters. The zero-order valence-corrected chi connectivity index (χ0v) is 11.8. The maximum Gasteiger partial charge on any atom is 0.338 e. The van der Waals surface area contributed by atoms with Crippen LogP contribution in [0.25, 0.3) is 0 Å². The van der Waals surface area contributed by atoms with Crippen LogP contribution in [0.2, 0.25) is 0 Å². The van der Waals surface area contributed by atoms with Crippen molar-refractivity contribution in [3.05, 3.63) is 29.8 Å². The summed E-state index contributed by atoms with van der Waals surface area (Å²) in [6.07, 6.45) is 0. The van der Waals surface area contributed by atoms with Gasteiger partial charge in [0.15, 0.2) is 0 Å². The van der Waals surface area contributed by atoms with E-state index in [9.17, 15) is 4.79 Å². The van der Waals surface area contributed by atoms with Crippen LogP contribution in [0.15, 0.2) is 24.3 Å². The van der Waals surface area contributed by atoms with E-state index in [4.69, 9.17) is 4.74 Å². The molecule has 1 aromatic carbocycles. The second kappa shape index (κ2) is 6.57. The molecule has 0 spiro atoms. The van der Waals surface area contributed by atoms with Crippen LogP contribution in [0.3, 0.4) is 0 Å². The summed E-state index contributed by atoms with van der Waals surface area (Å²) < 4.78 is 4.98. The summed E-state index contributed by atoms with van der Waals surface area (Å²) in [5, 5.41) is 0. The first-order valence-electron chi connectivity index (χ1n) is 6.99. The molecule has 104 valence electrons. The normalized spacial score (nSPS) is 16.4. The van der Waals surface area contributed by atoms with Crippen LogP contribution in [-0.2, 0) is 4.74 Å². The van der Waals surface area contributed by atoms with Crippen LogP contribution in [0.1, 0.15) is 24.2 Å². The lowest BCUT2D eigenvalue weighted by Crippen LogP contribution is -2.46. The molecule has 4 nitrogen and oxygen atoms in total. The fourth-order valence-corrected chi connectivity index (χ4v) is 2.35. The fraction of sp³-hybridized carbons (Fsp3) is 0.533. The average Bonchev–Trinajstić information content (AvgIpc) is 2.48. The lowest BCUT2D eigenvalue weighted by molar-refractivity contribution is 0.0526. The number of likely N-dealkylation sites (N-methyl/N-ethyl adjacent to an activating group) is 1. The van der Waals surface area contributed by atoms with Crippen LogP contribution in [0, 0.1) is 0 Å². The minimum Gasteiger partial charge on any atom is -0.462 e. The summed E-state index contributed by atoms with van der Waals surface area (Å²) in [7, 11) is 0. The van der Waals surface area contributed by atoms with Crippen molar-refractivity contribution < 1.29 is 9.53 Å². The Bertz CT molecular complexity index is 409. The van der Waals surface area contributed by atoms with Crippen LogP contribution in [0.4, 0.5) is 5.69 Å². The molecular formula is C15H22N2O2. The minimum absolute atomic E-state index is 0.246. The summed E-state index contributed by atoms with van der Waals surface area (Å²) in [6, 6.07) is 7.71. The Labute approximate surface area is 115 Å². The quantitative estimate of drug-likeness (QED) is 0.777. The third-order valence-electron chi connectivity index (χ3n) is 3.56. The highest BCUT2D eigenvalue weighted by Crippen LogP contribution is 2.17. The van der Waals surface area contributed by atoms with Gasteiger partial charge in [-0.1, -0.05) is 6.92 Å². The number of ether oxygens (including phenoxy) is 1. The van der Waals surface area contributed by atoms with Gasteiger partial charge in [0.25, 0.3) is 0 Å². The number of carbonyl (C=O) groups excluding carboxylic acids is 1. The monoisotopic (exact) mass is 262 g/mol. The molecule has 0 bridgehead atoms. The van der Waals surface area contributed by atoms with Crippen molar-refractivity contribution in [1.82, 2.24) is 4.90 Å². The van der Waals surface area contributed by atoms with Crippen molar-refractivity contribution in [2.75, 3.05) is 44.2 Å². The van der Waals surface area contributed by atoms with Gasteiger partial charge in [0.1, 0.15) is 0 Å². The van der Waals surface area contributed by atoms with Crippen LogP contribution >= 0.6 is 0 Å². The molecule has 1 aromatic rings. The maximum atomic E-state index is 11.6. The largest absolute Gasteiger partial charge is 0.462 e.